The van der Waals surface area contributed by atoms with E-state index in [9.17, 15) is 0 Å². The topological polar surface area (TPSA) is 24.7 Å². The number of rotatable bonds is 5. The van der Waals surface area contributed by atoms with Crippen LogP contribution in [0, 0.1) is 0 Å². The standard InChI is InChI=1S/C27H18Cl2N2/c28-24-14-9-15-25(29)23(24)19-31-27-17-8-7-16-26(27)30-18-22(20-10-3-1-4-11-20)21-12-5-2-6-13-21/h1-17,19H. The minimum absolute atomic E-state index is 0.549. The maximum absolute atomic E-state index is 6.26. The third-order valence-electron chi connectivity index (χ3n) is 4.63. The Labute approximate surface area is 191 Å². The molecule has 0 saturated carbocycles. The molecule has 4 heteroatoms. The molecule has 0 amide bonds. The first-order valence-electron chi connectivity index (χ1n) is 9.74. The summed E-state index contributed by atoms with van der Waals surface area (Å²) < 4.78 is 0. The monoisotopic (exact) mass is 440 g/mol. The van der Waals surface area contributed by atoms with Crippen molar-refractivity contribution in [2.45, 2.75) is 0 Å². The lowest BCUT2D eigenvalue weighted by Gasteiger charge is -2.05. The highest BCUT2D eigenvalue weighted by molar-refractivity contribution is 6.38. The summed E-state index contributed by atoms with van der Waals surface area (Å²) in [4.78, 5) is 9.23. The molecule has 2 nitrogen and oxygen atoms in total. The third kappa shape index (κ3) is 5.20. The van der Waals surface area contributed by atoms with Gasteiger partial charge in [-0.3, -0.25) is 4.99 Å². The Hall–Kier alpha value is -3.42. The smallest absolute Gasteiger partial charge is 0.0986 e. The predicted octanol–water partition coefficient (Wildman–Crippen LogP) is 8.18. The molecular formula is C27H18Cl2N2. The number of nitrogens with zero attached hydrogens (tertiary/aromatic N) is 2. The number of benzene rings is 4. The molecule has 0 fully saturated rings. The van der Waals surface area contributed by atoms with Crippen LogP contribution in [0.3, 0.4) is 0 Å². The van der Waals surface area contributed by atoms with Crippen molar-refractivity contribution in [2.24, 2.45) is 9.98 Å². The molecule has 0 aromatic heterocycles. The highest BCUT2D eigenvalue weighted by Crippen LogP contribution is 2.29. The zero-order valence-corrected chi connectivity index (χ0v) is 18.1. The lowest BCUT2D eigenvalue weighted by molar-refractivity contribution is 1.46. The van der Waals surface area contributed by atoms with Crippen molar-refractivity contribution in [3.8, 4) is 0 Å². The highest BCUT2D eigenvalue weighted by Gasteiger charge is 2.05. The van der Waals surface area contributed by atoms with Crippen molar-refractivity contribution >= 4 is 52.2 Å². The van der Waals surface area contributed by atoms with Gasteiger partial charge in [0.15, 0.2) is 0 Å². The number of hydrogen-bond acceptors (Lipinski definition) is 2. The minimum Gasteiger partial charge on any atom is -0.254 e. The second-order valence-corrected chi connectivity index (χ2v) is 7.53. The van der Waals surface area contributed by atoms with Gasteiger partial charge in [-0.05, 0) is 41.3 Å². The summed E-state index contributed by atoms with van der Waals surface area (Å²) in [5, 5.41) is 1.10. The van der Waals surface area contributed by atoms with E-state index in [4.69, 9.17) is 23.2 Å². The first-order chi connectivity index (χ1) is 15.2. The van der Waals surface area contributed by atoms with Crippen molar-refractivity contribution in [3.05, 3.63) is 130 Å². The van der Waals surface area contributed by atoms with E-state index in [0.717, 1.165) is 16.7 Å². The summed E-state index contributed by atoms with van der Waals surface area (Å²) >= 11 is 12.5. The molecule has 0 saturated heterocycles. The zero-order chi connectivity index (χ0) is 21.5. The maximum Gasteiger partial charge on any atom is 0.0986 e. The van der Waals surface area contributed by atoms with Gasteiger partial charge >= 0.3 is 0 Å². The fourth-order valence-corrected chi connectivity index (χ4v) is 3.55. The van der Waals surface area contributed by atoms with Gasteiger partial charge in [0.2, 0.25) is 0 Å². The van der Waals surface area contributed by atoms with Crippen LogP contribution in [0.25, 0.3) is 5.57 Å². The molecule has 0 aliphatic carbocycles. The third-order valence-corrected chi connectivity index (χ3v) is 5.29. The SMILES string of the molecule is Clc1cccc(Cl)c1C=Nc1ccccc1N=C=C(c1ccccc1)c1ccccc1. The number of hydrogen-bond donors (Lipinski definition) is 0. The molecular weight excluding hydrogens is 423 g/mol. The number of halogens is 2. The van der Waals surface area contributed by atoms with Gasteiger partial charge in [0.25, 0.3) is 0 Å². The van der Waals surface area contributed by atoms with Gasteiger partial charge in [-0.2, -0.15) is 0 Å². The molecule has 0 heterocycles. The van der Waals surface area contributed by atoms with E-state index >= 15 is 0 Å². The molecule has 0 spiro atoms. The van der Waals surface area contributed by atoms with E-state index in [1.165, 1.54) is 0 Å². The first kappa shape index (κ1) is 20.8. The zero-order valence-electron chi connectivity index (χ0n) is 16.5. The van der Waals surface area contributed by atoms with E-state index < -0.39 is 0 Å². The summed E-state index contributed by atoms with van der Waals surface area (Å²) in [6.45, 7) is 0. The van der Waals surface area contributed by atoms with Crippen LogP contribution in [0.2, 0.25) is 10.0 Å². The molecule has 0 unspecified atom stereocenters. The fraction of sp³-hybridized carbons (Fsp3) is 0. The number of aliphatic imine (C=N–C) groups is 2. The lowest BCUT2D eigenvalue weighted by Crippen LogP contribution is -1.88. The maximum atomic E-state index is 6.26. The van der Waals surface area contributed by atoms with Crippen molar-refractivity contribution in [1.29, 1.82) is 0 Å². The van der Waals surface area contributed by atoms with Crippen LogP contribution >= 0.6 is 23.2 Å². The summed E-state index contributed by atoms with van der Waals surface area (Å²) in [6.07, 6.45) is 1.66. The van der Waals surface area contributed by atoms with Gasteiger partial charge in [0, 0.05) is 11.8 Å². The van der Waals surface area contributed by atoms with Gasteiger partial charge < -0.3 is 0 Å². The largest absolute Gasteiger partial charge is 0.254 e. The average Bonchev–Trinajstić information content (AvgIpc) is 2.81. The van der Waals surface area contributed by atoms with Crippen LogP contribution in [0.1, 0.15) is 16.7 Å². The predicted molar refractivity (Wildman–Crippen MR) is 133 cm³/mol. The highest BCUT2D eigenvalue weighted by atomic mass is 35.5. The Morgan fingerprint density at radius 2 is 1.13 bits per heavy atom. The van der Waals surface area contributed by atoms with Gasteiger partial charge in [-0.1, -0.05) is 102 Å². The molecule has 4 aromatic rings. The van der Waals surface area contributed by atoms with Crippen molar-refractivity contribution in [1.82, 2.24) is 0 Å². The van der Waals surface area contributed by atoms with Gasteiger partial charge in [-0.15, -0.1) is 0 Å². The first-order valence-corrected chi connectivity index (χ1v) is 10.5. The van der Waals surface area contributed by atoms with E-state index in [1.807, 2.05) is 84.9 Å². The molecule has 0 bridgehead atoms. The minimum atomic E-state index is 0.549. The summed E-state index contributed by atoms with van der Waals surface area (Å²) in [5.74, 6) is 3.25. The molecule has 150 valence electrons. The van der Waals surface area contributed by atoms with Crippen LogP contribution in [-0.4, -0.2) is 12.1 Å². The molecule has 4 aromatic carbocycles. The van der Waals surface area contributed by atoms with Crippen LogP contribution in [0.5, 0.6) is 0 Å². The average molecular weight is 441 g/mol. The van der Waals surface area contributed by atoms with Crippen molar-refractivity contribution in [3.63, 3.8) is 0 Å². The quantitative estimate of drug-likeness (QED) is 0.279. The van der Waals surface area contributed by atoms with Crippen LogP contribution < -0.4 is 0 Å². The van der Waals surface area contributed by atoms with Crippen LogP contribution in [0.15, 0.2) is 113 Å². The van der Waals surface area contributed by atoms with Crippen molar-refractivity contribution in [2.75, 3.05) is 0 Å². The van der Waals surface area contributed by atoms with E-state index in [2.05, 4.69) is 15.9 Å². The van der Waals surface area contributed by atoms with Gasteiger partial charge in [0.1, 0.15) is 0 Å². The summed E-state index contributed by atoms with van der Waals surface area (Å²) in [5.41, 5.74) is 5.07. The second kappa shape index (κ2) is 10.1. The molecule has 0 N–H and O–H groups in total. The Balaban J connectivity index is 1.78. The molecule has 31 heavy (non-hydrogen) atoms. The summed E-state index contributed by atoms with van der Waals surface area (Å²) in [6, 6.07) is 33.2. The van der Waals surface area contributed by atoms with Crippen LogP contribution in [0.4, 0.5) is 11.4 Å². The van der Waals surface area contributed by atoms with Crippen molar-refractivity contribution < 1.29 is 0 Å². The van der Waals surface area contributed by atoms with E-state index in [1.54, 1.807) is 24.4 Å². The molecule has 0 aliphatic rings. The Bertz CT molecular complexity index is 1210. The van der Waals surface area contributed by atoms with Gasteiger partial charge in [-0.25, -0.2) is 4.99 Å². The van der Waals surface area contributed by atoms with E-state index in [0.29, 0.717) is 27.0 Å². The number of para-hydroxylation sites is 2. The second-order valence-electron chi connectivity index (χ2n) is 6.71. The Morgan fingerprint density at radius 3 is 1.71 bits per heavy atom. The lowest BCUT2D eigenvalue weighted by atomic mass is 9.99. The Morgan fingerprint density at radius 1 is 0.613 bits per heavy atom. The molecule has 0 atom stereocenters. The van der Waals surface area contributed by atoms with E-state index in [-0.39, 0.29) is 0 Å². The van der Waals surface area contributed by atoms with Gasteiger partial charge in [0.05, 0.1) is 27.0 Å². The normalized spacial score (nSPS) is 10.6. The van der Waals surface area contributed by atoms with Crippen LogP contribution in [-0.2, 0) is 0 Å². The molecule has 0 aliphatic heterocycles. The summed E-state index contributed by atoms with van der Waals surface area (Å²) in [7, 11) is 0. The molecule has 4 rings (SSSR count). The Kier molecular flexibility index (Phi) is 6.76. The fourth-order valence-electron chi connectivity index (χ4n) is 3.06. The molecule has 0 radical (unpaired) electrons.